The second-order valence-corrected chi connectivity index (χ2v) is 6.11. The first kappa shape index (κ1) is 16.8. The first-order valence-corrected chi connectivity index (χ1v) is 6.51. The first-order chi connectivity index (χ1) is 9.01. The summed E-state index contributed by atoms with van der Waals surface area (Å²) in [5.41, 5.74) is -0.470. The van der Waals surface area contributed by atoms with E-state index in [4.69, 9.17) is 4.74 Å². The molecule has 0 spiro atoms. The van der Waals surface area contributed by atoms with E-state index in [0.717, 1.165) is 6.07 Å². The minimum Gasteiger partial charge on any atom is -0.492 e. The van der Waals surface area contributed by atoms with Gasteiger partial charge in [-0.2, -0.15) is 13.2 Å². The molecule has 2 nitrogen and oxygen atoms in total. The summed E-state index contributed by atoms with van der Waals surface area (Å²) in [6.07, 6.45) is -4.33. The van der Waals surface area contributed by atoms with Gasteiger partial charge < -0.3 is 9.64 Å². The van der Waals surface area contributed by atoms with Crippen LogP contribution in [0.4, 0.5) is 13.2 Å². The highest BCUT2D eigenvalue weighted by molar-refractivity contribution is 5.42. The number of ether oxygens (including phenoxy) is 1. The number of likely N-dealkylation sites (N-methyl/N-ethyl adjacent to an activating group) is 1. The summed E-state index contributed by atoms with van der Waals surface area (Å²) < 4.78 is 44.0. The number of nitrogens with zero attached hydrogens (tertiary/aromatic N) is 1. The van der Waals surface area contributed by atoms with Crippen LogP contribution in [0, 0.1) is 0 Å². The molecule has 1 aromatic rings. The molecule has 114 valence electrons. The van der Waals surface area contributed by atoms with Gasteiger partial charge in [0.15, 0.2) is 0 Å². The largest absolute Gasteiger partial charge is 0.492 e. The van der Waals surface area contributed by atoms with Crippen molar-refractivity contribution in [1.29, 1.82) is 0 Å². The van der Waals surface area contributed by atoms with Crippen LogP contribution in [-0.4, -0.2) is 32.1 Å². The Bertz CT molecular complexity index is 447. The Kier molecular flexibility index (Phi) is 5.08. The van der Waals surface area contributed by atoms with Gasteiger partial charge in [-0.25, -0.2) is 0 Å². The Morgan fingerprint density at radius 3 is 2.15 bits per heavy atom. The standard InChI is InChI=1S/C15H22F3NO/c1-14(2,3)12-10-11(15(16,17)18)6-7-13(12)20-9-8-19(4)5/h6-7,10H,8-9H2,1-5H3. The van der Waals surface area contributed by atoms with Crippen molar-refractivity contribution in [2.24, 2.45) is 0 Å². The van der Waals surface area contributed by atoms with Gasteiger partial charge in [-0.15, -0.1) is 0 Å². The van der Waals surface area contributed by atoms with E-state index in [-0.39, 0.29) is 0 Å². The molecule has 0 radical (unpaired) electrons. The molecule has 0 aliphatic carbocycles. The smallest absolute Gasteiger partial charge is 0.416 e. The third kappa shape index (κ3) is 4.71. The normalized spacial score (nSPS) is 12.8. The van der Waals surface area contributed by atoms with Crippen molar-refractivity contribution in [2.75, 3.05) is 27.2 Å². The molecule has 5 heteroatoms. The molecule has 0 saturated heterocycles. The van der Waals surface area contributed by atoms with Crippen LogP contribution in [0.2, 0.25) is 0 Å². The summed E-state index contributed by atoms with van der Waals surface area (Å²) in [6.45, 7) is 6.79. The van der Waals surface area contributed by atoms with E-state index >= 15 is 0 Å². The van der Waals surface area contributed by atoms with Crippen LogP contribution >= 0.6 is 0 Å². The molecule has 1 aromatic carbocycles. The third-order valence-corrected chi connectivity index (χ3v) is 2.91. The van der Waals surface area contributed by atoms with Crippen molar-refractivity contribution in [3.8, 4) is 5.75 Å². The topological polar surface area (TPSA) is 12.5 Å². The molecule has 0 aliphatic rings. The number of hydrogen-bond acceptors (Lipinski definition) is 2. The van der Waals surface area contributed by atoms with E-state index in [1.54, 1.807) is 0 Å². The van der Waals surface area contributed by atoms with Crippen molar-refractivity contribution in [3.63, 3.8) is 0 Å². The summed E-state index contributed by atoms with van der Waals surface area (Å²) in [6, 6.07) is 3.67. The maximum absolute atomic E-state index is 12.8. The highest BCUT2D eigenvalue weighted by atomic mass is 19.4. The molecule has 0 amide bonds. The molecule has 0 aromatic heterocycles. The average Bonchev–Trinajstić information content (AvgIpc) is 2.25. The summed E-state index contributed by atoms with van der Waals surface area (Å²) in [5, 5.41) is 0. The highest BCUT2D eigenvalue weighted by Crippen LogP contribution is 2.37. The molecular weight excluding hydrogens is 267 g/mol. The van der Waals surface area contributed by atoms with E-state index < -0.39 is 17.2 Å². The van der Waals surface area contributed by atoms with Crippen LogP contribution < -0.4 is 4.74 Å². The zero-order valence-corrected chi connectivity index (χ0v) is 12.6. The van der Waals surface area contributed by atoms with Gasteiger partial charge in [0.2, 0.25) is 0 Å². The van der Waals surface area contributed by atoms with Gasteiger partial charge >= 0.3 is 6.18 Å². The fourth-order valence-electron chi connectivity index (χ4n) is 1.76. The second-order valence-electron chi connectivity index (χ2n) is 6.11. The Balaban J connectivity index is 3.05. The van der Waals surface area contributed by atoms with Gasteiger partial charge in [-0.3, -0.25) is 0 Å². The Labute approximate surface area is 118 Å². The summed E-state index contributed by atoms with van der Waals surface area (Å²) in [4.78, 5) is 1.96. The van der Waals surface area contributed by atoms with Gasteiger partial charge in [-0.1, -0.05) is 20.8 Å². The monoisotopic (exact) mass is 289 g/mol. The lowest BCUT2D eigenvalue weighted by molar-refractivity contribution is -0.137. The fourth-order valence-corrected chi connectivity index (χ4v) is 1.76. The molecule has 0 saturated carbocycles. The molecule has 0 N–H and O–H groups in total. The Morgan fingerprint density at radius 2 is 1.70 bits per heavy atom. The Hall–Kier alpha value is -1.23. The Morgan fingerprint density at radius 1 is 1.10 bits per heavy atom. The van der Waals surface area contributed by atoms with Crippen LogP contribution in [0.3, 0.4) is 0 Å². The number of hydrogen-bond donors (Lipinski definition) is 0. The molecule has 0 aliphatic heterocycles. The average molecular weight is 289 g/mol. The lowest BCUT2D eigenvalue weighted by Crippen LogP contribution is -2.21. The molecule has 0 bridgehead atoms. The molecule has 0 unspecified atom stereocenters. The zero-order chi connectivity index (χ0) is 15.6. The zero-order valence-electron chi connectivity index (χ0n) is 12.6. The quantitative estimate of drug-likeness (QED) is 0.832. The molecule has 0 fully saturated rings. The summed E-state index contributed by atoms with van der Waals surface area (Å²) in [7, 11) is 3.83. The second kappa shape index (κ2) is 6.04. The number of rotatable bonds is 4. The minimum atomic E-state index is -4.33. The van der Waals surface area contributed by atoms with Gasteiger partial charge in [0.25, 0.3) is 0 Å². The maximum Gasteiger partial charge on any atom is 0.416 e. The predicted octanol–water partition coefficient (Wildman–Crippen LogP) is 3.94. The van der Waals surface area contributed by atoms with Crippen LogP contribution in [0.15, 0.2) is 18.2 Å². The number of benzene rings is 1. The van der Waals surface area contributed by atoms with Crippen molar-refractivity contribution < 1.29 is 17.9 Å². The van der Waals surface area contributed by atoms with Crippen LogP contribution in [0.25, 0.3) is 0 Å². The van der Waals surface area contributed by atoms with E-state index in [0.29, 0.717) is 24.5 Å². The van der Waals surface area contributed by atoms with Crippen molar-refractivity contribution in [2.45, 2.75) is 32.4 Å². The molecule has 0 heterocycles. The minimum absolute atomic E-state index is 0.408. The SMILES string of the molecule is CN(C)CCOc1ccc(C(F)(F)F)cc1C(C)(C)C. The van der Waals surface area contributed by atoms with Crippen LogP contribution in [0.1, 0.15) is 31.9 Å². The molecule has 20 heavy (non-hydrogen) atoms. The molecular formula is C15H22F3NO. The van der Waals surface area contributed by atoms with E-state index in [2.05, 4.69) is 0 Å². The summed E-state index contributed by atoms with van der Waals surface area (Å²) in [5.74, 6) is 0.521. The summed E-state index contributed by atoms with van der Waals surface area (Å²) >= 11 is 0. The third-order valence-electron chi connectivity index (χ3n) is 2.91. The van der Waals surface area contributed by atoms with Gasteiger partial charge in [0.05, 0.1) is 5.56 Å². The predicted molar refractivity (Wildman–Crippen MR) is 74.2 cm³/mol. The van der Waals surface area contributed by atoms with Crippen molar-refractivity contribution >= 4 is 0 Å². The van der Waals surface area contributed by atoms with Gasteiger partial charge in [0, 0.05) is 12.1 Å². The first-order valence-electron chi connectivity index (χ1n) is 6.51. The lowest BCUT2D eigenvalue weighted by atomic mass is 9.85. The molecule has 0 atom stereocenters. The maximum atomic E-state index is 12.8. The van der Waals surface area contributed by atoms with E-state index in [1.165, 1.54) is 12.1 Å². The lowest BCUT2D eigenvalue weighted by Gasteiger charge is -2.24. The van der Waals surface area contributed by atoms with E-state index in [1.807, 2.05) is 39.8 Å². The van der Waals surface area contributed by atoms with Crippen LogP contribution in [0.5, 0.6) is 5.75 Å². The number of alkyl halides is 3. The van der Waals surface area contributed by atoms with E-state index in [9.17, 15) is 13.2 Å². The van der Waals surface area contributed by atoms with Crippen molar-refractivity contribution in [3.05, 3.63) is 29.3 Å². The fraction of sp³-hybridized carbons (Fsp3) is 0.600. The number of halogens is 3. The van der Waals surface area contributed by atoms with Crippen LogP contribution in [-0.2, 0) is 11.6 Å². The molecule has 1 rings (SSSR count). The van der Waals surface area contributed by atoms with Gasteiger partial charge in [0.1, 0.15) is 12.4 Å². The van der Waals surface area contributed by atoms with Crippen molar-refractivity contribution in [1.82, 2.24) is 4.90 Å². The highest BCUT2D eigenvalue weighted by Gasteiger charge is 2.32. The van der Waals surface area contributed by atoms with Gasteiger partial charge in [-0.05, 0) is 37.7 Å².